The van der Waals surface area contributed by atoms with Crippen molar-refractivity contribution in [2.24, 2.45) is 0 Å². The average molecular weight is 276 g/mol. The van der Waals surface area contributed by atoms with Gasteiger partial charge in [0.1, 0.15) is 5.82 Å². The van der Waals surface area contributed by atoms with Crippen molar-refractivity contribution in [1.82, 2.24) is 9.80 Å². The van der Waals surface area contributed by atoms with Crippen LogP contribution in [0.1, 0.15) is 19.4 Å². The number of carbonyl (C=O) groups is 1. The minimum absolute atomic E-state index is 0.0257. The van der Waals surface area contributed by atoms with Gasteiger partial charge in [0, 0.05) is 38.3 Å². The van der Waals surface area contributed by atoms with Crippen molar-refractivity contribution in [3.8, 4) is 0 Å². The van der Waals surface area contributed by atoms with Crippen LogP contribution in [0.5, 0.6) is 0 Å². The molecule has 2 rings (SSSR count). The number of hydrogen-bond acceptors (Lipinski definition) is 2. The Labute approximate surface area is 119 Å². The average Bonchev–Trinajstić information content (AvgIpc) is 2.46. The van der Waals surface area contributed by atoms with Crippen molar-refractivity contribution >= 4 is 12.0 Å². The molecule has 1 heterocycles. The quantitative estimate of drug-likeness (QED) is 0.791. The lowest BCUT2D eigenvalue weighted by Crippen LogP contribution is -2.50. The Morgan fingerprint density at radius 2 is 1.75 bits per heavy atom. The normalized spacial score (nSPS) is 17.1. The van der Waals surface area contributed by atoms with Gasteiger partial charge in [0.25, 0.3) is 0 Å². The fraction of sp³-hybridized carbons (Fsp3) is 0.438. The van der Waals surface area contributed by atoms with Crippen LogP contribution < -0.4 is 0 Å². The summed E-state index contributed by atoms with van der Waals surface area (Å²) in [6, 6.07) is 6.64. The molecule has 0 saturated carbocycles. The van der Waals surface area contributed by atoms with E-state index in [4.69, 9.17) is 0 Å². The highest BCUT2D eigenvalue weighted by molar-refractivity contribution is 5.91. The highest BCUT2D eigenvalue weighted by Gasteiger charge is 2.20. The van der Waals surface area contributed by atoms with E-state index < -0.39 is 0 Å². The molecule has 3 nitrogen and oxygen atoms in total. The van der Waals surface area contributed by atoms with Gasteiger partial charge < -0.3 is 4.90 Å². The molecule has 1 saturated heterocycles. The highest BCUT2D eigenvalue weighted by atomic mass is 19.1. The maximum atomic E-state index is 12.8. The van der Waals surface area contributed by atoms with Crippen molar-refractivity contribution in [1.29, 1.82) is 0 Å². The minimum Gasteiger partial charge on any atom is -0.337 e. The Bertz CT molecular complexity index is 474. The van der Waals surface area contributed by atoms with Gasteiger partial charge in [0.15, 0.2) is 0 Å². The van der Waals surface area contributed by atoms with Crippen LogP contribution in [0.3, 0.4) is 0 Å². The van der Waals surface area contributed by atoms with E-state index in [0.29, 0.717) is 6.04 Å². The lowest BCUT2D eigenvalue weighted by molar-refractivity contribution is -0.127. The summed E-state index contributed by atoms with van der Waals surface area (Å²) < 4.78 is 12.8. The molecule has 1 aliphatic heterocycles. The van der Waals surface area contributed by atoms with Gasteiger partial charge in [-0.05, 0) is 37.6 Å². The van der Waals surface area contributed by atoms with Crippen LogP contribution in [0.2, 0.25) is 0 Å². The molecule has 20 heavy (non-hydrogen) atoms. The zero-order valence-corrected chi connectivity index (χ0v) is 12.1. The first-order valence-electron chi connectivity index (χ1n) is 7.03. The second-order valence-electron chi connectivity index (χ2n) is 5.34. The van der Waals surface area contributed by atoms with Crippen LogP contribution in [0.4, 0.5) is 4.39 Å². The number of carbonyl (C=O) groups excluding carboxylic acids is 1. The first-order valence-corrected chi connectivity index (χ1v) is 7.03. The van der Waals surface area contributed by atoms with Crippen molar-refractivity contribution in [2.45, 2.75) is 19.9 Å². The van der Waals surface area contributed by atoms with E-state index in [0.717, 1.165) is 31.7 Å². The Kier molecular flexibility index (Phi) is 4.90. The zero-order chi connectivity index (χ0) is 14.5. The lowest BCUT2D eigenvalue weighted by atomic mass is 10.2. The summed E-state index contributed by atoms with van der Waals surface area (Å²) in [5.41, 5.74) is 0.834. The van der Waals surface area contributed by atoms with Crippen LogP contribution in [0, 0.1) is 5.82 Å². The molecule has 1 amide bonds. The number of halogens is 1. The number of nitrogens with zero attached hydrogens (tertiary/aromatic N) is 2. The van der Waals surface area contributed by atoms with Gasteiger partial charge in [0.05, 0.1) is 0 Å². The fourth-order valence-corrected chi connectivity index (χ4v) is 2.31. The highest BCUT2D eigenvalue weighted by Crippen LogP contribution is 2.08. The van der Waals surface area contributed by atoms with E-state index in [9.17, 15) is 9.18 Å². The first kappa shape index (κ1) is 14.7. The molecule has 0 unspecified atom stereocenters. The SMILES string of the molecule is CC(C)N1CCN(C(=O)C=Cc2ccc(F)cc2)CC1. The Morgan fingerprint density at radius 3 is 2.30 bits per heavy atom. The van der Waals surface area contributed by atoms with E-state index in [1.165, 1.54) is 12.1 Å². The molecular weight excluding hydrogens is 255 g/mol. The number of rotatable bonds is 3. The predicted octanol–water partition coefficient (Wildman–Crippen LogP) is 2.39. The minimum atomic E-state index is -0.265. The van der Waals surface area contributed by atoms with Gasteiger partial charge in [-0.2, -0.15) is 0 Å². The van der Waals surface area contributed by atoms with E-state index in [-0.39, 0.29) is 11.7 Å². The van der Waals surface area contributed by atoms with Crippen molar-refractivity contribution < 1.29 is 9.18 Å². The van der Waals surface area contributed by atoms with Crippen LogP contribution >= 0.6 is 0 Å². The third kappa shape index (κ3) is 3.90. The van der Waals surface area contributed by atoms with E-state index in [2.05, 4.69) is 18.7 Å². The smallest absolute Gasteiger partial charge is 0.246 e. The summed E-state index contributed by atoms with van der Waals surface area (Å²) in [5.74, 6) is -0.240. The number of piperazine rings is 1. The van der Waals surface area contributed by atoms with E-state index in [1.807, 2.05) is 4.90 Å². The summed E-state index contributed by atoms with van der Waals surface area (Å²) in [7, 11) is 0. The number of hydrogen-bond donors (Lipinski definition) is 0. The Balaban J connectivity index is 1.88. The van der Waals surface area contributed by atoms with Gasteiger partial charge in [-0.15, -0.1) is 0 Å². The maximum absolute atomic E-state index is 12.8. The molecule has 1 aliphatic rings. The van der Waals surface area contributed by atoms with Gasteiger partial charge in [-0.25, -0.2) is 4.39 Å². The van der Waals surface area contributed by atoms with E-state index >= 15 is 0 Å². The second kappa shape index (κ2) is 6.66. The maximum Gasteiger partial charge on any atom is 0.246 e. The third-order valence-electron chi connectivity index (χ3n) is 3.64. The molecular formula is C16H21FN2O. The van der Waals surface area contributed by atoms with Gasteiger partial charge >= 0.3 is 0 Å². The molecule has 1 fully saturated rings. The Hall–Kier alpha value is -1.68. The van der Waals surface area contributed by atoms with Crippen LogP contribution in [0.15, 0.2) is 30.3 Å². The molecule has 0 radical (unpaired) electrons. The number of benzene rings is 1. The summed E-state index contributed by atoms with van der Waals surface area (Å²) in [5, 5.41) is 0. The van der Waals surface area contributed by atoms with Crippen molar-refractivity contribution in [3.05, 3.63) is 41.7 Å². The molecule has 1 aromatic carbocycles. The largest absolute Gasteiger partial charge is 0.337 e. The van der Waals surface area contributed by atoms with E-state index in [1.54, 1.807) is 24.3 Å². The molecule has 0 bridgehead atoms. The predicted molar refractivity (Wildman–Crippen MR) is 78.7 cm³/mol. The van der Waals surface area contributed by atoms with Gasteiger partial charge in [0.2, 0.25) is 5.91 Å². The lowest BCUT2D eigenvalue weighted by Gasteiger charge is -2.36. The summed E-state index contributed by atoms with van der Waals surface area (Å²) in [4.78, 5) is 16.3. The molecule has 0 aliphatic carbocycles. The molecule has 108 valence electrons. The Morgan fingerprint density at radius 1 is 1.15 bits per heavy atom. The molecule has 4 heteroatoms. The van der Waals surface area contributed by atoms with Gasteiger partial charge in [-0.1, -0.05) is 12.1 Å². The molecule has 1 aromatic rings. The topological polar surface area (TPSA) is 23.6 Å². The molecule has 0 N–H and O–H groups in total. The summed E-state index contributed by atoms with van der Waals surface area (Å²) >= 11 is 0. The standard InChI is InChI=1S/C16H21FN2O/c1-13(2)18-9-11-19(12-10-18)16(20)8-5-14-3-6-15(17)7-4-14/h3-8,13H,9-12H2,1-2H3. The monoisotopic (exact) mass is 276 g/mol. The van der Waals surface area contributed by atoms with Crippen LogP contribution in [-0.4, -0.2) is 47.9 Å². The van der Waals surface area contributed by atoms with Gasteiger partial charge in [-0.3, -0.25) is 9.69 Å². The second-order valence-corrected chi connectivity index (χ2v) is 5.34. The summed E-state index contributed by atoms with van der Waals surface area (Å²) in [6.07, 6.45) is 3.30. The first-order chi connectivity index (χ1) is 9.56. The van der Waals surface area contributed by atoms with Crippen molar-refractivity contribution in [3.63, 3.8) is 0 Å². The van der Waals surface area contributed by atoms with Crippen molar-refractivity contribution in [2.75, 3.05) is 26.2 Å². The third-order valence-corrected chi connectivity index (χ3v) is 3.64. The van der Waals surface area contributed by atoms with Crippen LogP contribution in [0.25, 0.3) is 6.08 Å². The molecule has 0 atom stereocenters. The zero-order valence-electron chi connectivity index (χ0n) is 12.1. The van der Waals surface area contributed by atoms with Crippen LogP contribution in [-0.2, 0) is 4.79 Å². The molecule has 0 spiro atoms. The molecule has 0 aromatic heterocycles. The number of amides is 1. The summed E-state index contributed by atoms with van der Waals surface area (Å²) in [6.45, 7) is 7.73. The fourth-order valence-electron chi connectivity index (χ4n) is 2.31.